The number of carbonyl (C=O) groups excluding carboxylic acids is 1. The molecular formula is C25H24BrN3O. The van der Waals surface area contributed by atoms with E-state index in [9.17, 15) is 4.79 Å². The van der Waals surface area contributed by atoms with Crippen molar-refractivity contribution in [2.45, 2.75) is 26.3 Å². The number of hydrogen-bond donors (Lipinski definition) is 1. The Balaban J connectivity index is 1.47. The van der Waals surface area contributed by atoms with Crippen LogP contribution in [0.15, 0.2) is 77.3 Å². The smallest absolute Gasteiger partial charge is 0.224 e. The van der Waals surface area contributed by atoms with Gasteiger partial charge >= 0.3 is 0 Å². The minimum Gasteiger partial charge on any atom is -0.355 e. The van der Waals surface area contributed by atoms with Crippen LogP contribution in [0.4, 0.5) is 0 Å². The lowest BCUT2D eigenvalue weighted by Crippen LogP contribution is -2.28. The summed E-state index contributed by atoms with van der Waals surface area (Å²) >= 11 is 3.55. The minimum atomic E-state index is 0.0407. The molecule has 0 aliphatic heterocycles. The van der Waals surface area contributed by atoms with Crippen molar-refractivity contribution in [1.29, 1.82) is 0 Å². The third-order valence-corrected chi connectivity index (χ3v) is 5.74. The zero-order valence-corrected chi connectivity index (χ0v) is 18.5. The van der Waals surface area contributed by atoms with Gasteiger partial charge in [-0.25, -0.2) is 4.98 Å². The fourth-order valence-corrected chi connectivity index (χ4v) is 4.11. The van der Waals surface area contributed by atoms with Crippen molar-refractivity contribution in [3.63, 3.8) is 0 Å². The summed E-state index contributed by atoms with van der Waals surface area (Å²) in [6.45, 7) is 3.34. The van der Waals surface area contributed by atoms with Gasteiger partial charge in [0.05, 0.1) is 17.5 Å². The van der Waals surface area contributed by atoms with Crippen molar-refractivity contribution in [1.82, 2.24) is 14.9 Å². The Morgan fingerprint density at radius 3 is 2.67 bits per heavy atom. The summed E-state index contributed by atoms with van der Waals surface area (Å²) in [5.41, 5.74) is 5.50. The maximum Gasteiger partial charge on any atom is 0.224 e. The molecule has 1 amide bonds. The van der Waals surface area contributed by atoms with E-state index in [4.69, 9.17) is 4.98 Å². The van der Waals surface area contributed by atoms with Gasteiger partial charge in [0.2, 0.25) is 5.91 Å². The van der Waals surface area contributed by atoms with Gasteiger partial charge in [-0.1, -0.05) is 64.5 Å². The molecule has 1 N–H and O–H groups in total. The van der Waals surface area contributed by atoms with Crippen LogP contribution in [-0.2, 0) is 24.2 Å². The van der Waals surface area contributed by atoms with E-state index in [2.05, 4.69) is 44.0 Å². The summed E-state index contributed by atoms with van der Waals surface area (Å²) in [4.78, 5) is 17.2. The number of nitrogens with zero attached hydrogens (tertiary/aromatic N) is 2. The average molecular weight is 462 g/mol. The van der Waals surface area contributed by atoms with Crippen molar-refractivity contribution in [2.24, 2.45) is 0 Å². The molecule has 1 aromatic heterocycles. The number of fused-ring (bicyclic) bond motifs is 1. The van der Waals surface area contributed by atoms with Gasteiger partial charge in [0.1, 0.15) is 5.82 Å². The lowest BCUT2D eigenvalue weighted by molar-refractivity contribution is -0.120. The Labute approximate surface area is 185 Å². The minimum absolute atomic E-state index is 0.0407. The van der Waals surface area contributed by atoms with Crippen molar-refractivity contribution in [2.75, 3.05) is 6.54 Å². The van der Waals surface area contributed by atoms with E-state index in [0.717, 1.165) is 39.0 Å². The summed E-state index contributed by atoms with van der Waals surface area (Å²) in [6, 6.07) is 24.5. The topological polar surface area (TPSA) is 46.9 Å². The summed E-state index contributed by atoms with van der Waals surface area (Å²) < 4.78 is 3.30. The molecule has 0 aliphatic rings. The van der Waals surface area contributed by atoms with E-state index in [1.807, 2.05) is 61.5 Å². The number of carbonyl (C=O) groups is 1. The molecule has 5 heteroatoms. The normalized spacial score (nSPS) is 11.0. The second-order valence-electron chi connectivity index (χ2n) is 7.44. The molecule has 0 aliphatic carbocycles. The summed E-state index contributed by atoms with van der Waals surface area (Å²) in [5, 5.41) is 3.05. The monoisotopic (exact) mass is 461 g/mol. The van der Waals surface area contributed by atoms with Crippen molar-refractivity contribution < 1.29 is 4.79 Å². The van der Waals surface area contributed by atoms with Gasteiger partial charge in [0, 0.05) is 24.0 Å². The maximum atomic E-state index is 12.4. The molecule has 30 heavy (non-hydrogen) atoms. The Bertz CT molecular complexity index is 1180. The van der Waals surface area contributed by atoms with Crippen LogP contribution < -0.4 is 5.32 Å². The molecule has 0 atom stereocenters. The molecule has 0 bridgehead atoms. The van der Waals surface area contributed by atoms with Crippen LogP contribution in [0.3, 0.4) is 0 Å². The van der Waals surface area contributed by atoms with Crippen LogP contribution in [0.5, 0.6) is 0 Å². The van der Waals surface area contributed by atoms with Gasteiger partial charge in [0.25, 0.3) is 0 Å². The fraction of sp³-hybridized carbons (Fsp3) is 0.200. The van der Waals surface area contributed by atoms with Crippen molar-refractivity contribution in [3.8, 4) is 0 Å². The average Bonchev–Trinajstić information content (AvgIpc) is 3.07. The molecule has 0 saturated heterocycles. The quantitative estimate of drug-likeness (QED) is 0.418. The highest BCUT2D eigenvalue weighted by atomic mass is 79.9. The SMILES string of the molecule is Cc1ccccc1CC(=O)NCCc1nc2ccccc2n1Cc1cccc(Br)c1. The maximum absolute atomic E-state index is 12.4. The number of hydrogen-bond acceptors (Lipinski definition) is 2. The first-order valence-electron chi connectivity index (χ1n) is 10.1. The first kappa shape index (κ1) is 20.4. The molecule has 0 saturated carbocycles. The highest BCUT2D eigenvalue weighted by molar-refractivity contribution is 9.10. The van der Waals surface area contributed by atoms with E-state index in [1.54, 1.807) is 0 Å². The molecule has 152 valence electrons. The molecule has 0 fully saturated rings. The number of para-hydroxylation sites is 2. The molecule has 4 aromatic rings. The Kier molecular flexibility index (Phi) is 6.29. The molecule has 0 unspecified atom stereocenters. The summed E-state index contributed by atoms with van der Waals surface area (Å²) in [7, 11) is 0. The third-order valence-electron chi connectivity index (χ3n) is 5.25. The zero-order valence-electron chi connectivity index (χ0n) is 16.9. The number of imidazole rings is 1. The molecule has 0 spiro atoms. The number of nitrogens with one attached hydrogen (secondary N) is 1. The molecule has 4 nitrogen and oxygen atoms in total. The van der Waals surface area contributed by atoms with Gasteiger partial charge in [-0.15, -0.1) is 0 Å². The van der Waals surface area contributed by atoms with E-state index >= 15 is 0 Å². The predicted octanol–water partition coefficient (Wildman–Crippen LogP) is 5.06. The van der Waals surface area contributed by atoms with Gasteiger partial charge in [-0.3, -0.25) is 4.79 Å². The van der Waals surface area contributed by atoms with Gasteiger partial charge in [-0.2, -0.15) is 0 Å². The first-order chi connectivity index (χ1) is 14.6. The summed E-state index contributed by atoms with van der Waals surface area (Å²) in [6.07, 6.45) is 1.09. The van der Waals surface area contributed by atoms with Crippen molar-refractivity contribution in [3.05, 3.63) is 99.8 Å². The van der Waals surface area contributed by atoms with Gasteiger partial charge in [0.15, 0.2) is 0 Å². The standard InChI is InChI=1S/C25H24BrN3O/c1-18-7-2-3-9-20(18)16-25(30)27-14-13-24-28-22-11-4-5-12-23(22)29(24)17-19-8-6-10-21(26)15-19/h2-12,15H,13-14,16-17H2,1H3,(H,27,30). The van der Waals surface area contributed by atoms with Crippen LogP contribution in [0.1, 0.15) is 22.5 Å². The Morgan fingerprint density at radius 1 is 1.03 bits per heavy atom. The van der Waals surface area contributed by atoms with Crippen LogP contribution in [0, 0.1) is 6.92 Å². The number of halogens is 1. The third kappa shape index (κ3) is 4.79. The molecule has 4 rings (SSSR count). The fourth-order valence-electron chi connectivity index (χ4n) is 3.67. The van der Waals surface area contributed by atoms with Crippen LogP contribution in [0.25, 0.3) is 11.0 Å². The Hall–Kier alpha value is -2.92. The number of aryl methyl sites for hydroxylation is 1. The van der Waals surface area contributed by atoms with E-state index in [0.29, 0.717) is 19.4 Å². The van der Waals surface area contributed by atoms with Crippen LogP contribution in [0.2, 0.25) is 0 Å². The Morgan fingerprint density at radius 2 is 1.83 bits per heavy atom. The second-order valence-corrected chi connectivity index (χ2v) is 8.35. The van der Waals surface area contributed by atoms with Crippen LogP contribution >= 0.6 is 15.9 Å². The lowest BCUT2D eigenvalue weighted by Gasteiger charge is -2.11. The first-order valence-corrected chi connectivity index (χ1v) is 10.9. The molecular weight excluding hydrogens is 438 g/mol. The van der Waals surface area contributed by atoms with E-state index in [-0.39, 0.29) is 5.91 Å². The van der Waals surface area contributed by atoms with Gasteiger partial charge in [-0.05, 0) is 47.9 Å². The van der Waals surface area contributed by atoms with Crippen molar-refractivity contribution >= 4 is 32.9 Å². The lowest BCUT2D eigenvalue weighted by atomic mass is 10.1. The highest BCUT2D eigenvalue weighted by Crippen LogP contribution is 2.20. The number of aromatic nitrogens is 2. The van der Waals surface area contributed by atoms with Gasteiger partial charge < -0.3 is 9.88 Å². The number of rotatable bonds is 7. The molecule has 0 radical (unpaired) electrons. The number of amides is 1. The molecule has 1 heterocycles. The zero-order chi connectivity index (χ0) is 20.9. The largest absolute Gasteiger partial charge is 0.355 e. The number of benzene rings is 3. The van der Waals surface area contributed by atoms with E-state index in [1.165, 1.54) is 5.56 Å². The second kappa shape index (κ2) is 9.26. The van der Waals surface area contributed by atoms with Crippen LogP contribution in [-0.4, -0.2) is 22.0 Å². The highest BCUT2D eigenvalue weighted by Gasteiger charge is 2.12. The summed E-state index contributed by atoms with van der Waals surface area (Å²) in [5.74, 6) is 1.02. The van der Waals surface area contributed by atoms with E-state index < -0.39 is 0 Å². The molecule has 3 aromatic carbocycles. The predicted molar refractivity (Wildman–Crippen MR) is 125 cm³/mol.